The molecule has 2 fully saturated rings. The van der Waals surface area contributed by atoms with Gasteiger partial charge in [-0.2, -0.15) is 0 Å². The SMILES string of the molecule is CC(=O)NC1CCN(C[C@@]2(O)CCCN(C(=O)c3ccc(C)nc3)CC2)CC1. The van der Waals surface area contributed by atoms with Crippen LogP contribution in [0.4, 0.5) is 0 Å². The monoisotopic (exact) mass is 388 g/mol. The lowest BCUT2D eigenvalue weighted by Gasteiger charge is -2.38. The Labute approximate surface area is 167 Å². The van der Waals surface area contributed by atoms with E-state index in [1.54, 1.807) is 13.1 Å². The zero-order valence-corrected chi connectivity index (χ0v) is 17.0. The zero-order chi connectivity index (χ0) is 20.1. The fourth-order valence-corrected chi connectivity index (χ4v) is 4.26. The molecule has 3 heterocycles. The van der Waals surface area contributed by atoms with Crippen molar-refractivity contribution >= 4 is 11.8 Å². The van der Waals surface area contributed by atoms with Crippen LogP contribution in [0.2, 0.25) is 0 Å². The number of likely N-dealkylation sites (tertiary alicyclic amines) is 2. The van der Waals surface area contributed by atoms with E-state index in [0.29, 0.717) is 38.0 Å². The molecule has 0 spiro atoms. The summed E-state index contributed by atoms with van der Waals surface area (Å²) < 4.78 is 0. The fraction of sp³-hybridized carbons (Fsp3) is 0.667. The van der Waals surface area contributed by atoms with E-state index in [2.05, 4.69) is 15.2 Å². The molecule has 0 bridgehead atoms. The first-order chi connectivity index (χ1) is 13.3. The van der Waals surface area contributed by atoms with Crippen molar-refractivity contribution in [2.24, 2.45) is 0 Å². The Balaban J connectivity index is 1.52. The molecule has 7 heteroatoms. The summed E-state index contributed by atoms with van der Waals surface area (Å²) in [5, 5.41) is 14.1. The van der Waals surface area contributed by atoms with Crippen molar-refractivity contribution in [2.75, 3.05) is 32.7 Å². The van der Waals surface area contributed by atoms with Crippen LogP contribution >= 0.6 is 0 Å². The van der Waals surface area contributed by atoms with E-state index in [4.69, 9.17) is 0 Å². The average Bonchev–Trinajstić information content (AvgIpc) is 2.85. The number of β-amino-alcohol motifs (C(OH)–C–C–N with tert-alkyl or cyclic N) is 1. The normalized spacial score (nSPS) is 24.6. The first-order valence-corrected chi connectivity index (χ1v) is 10.3. The number of hydrogen-bond acceptors (Lipinski definition) is 5. The zero-order valence-electron chi connectivity index (χ0n) is 17.0. The predicted octanol–water partition coefficient (Wildman–Crippen LogP) is 1.35. The molecule has 1 aromatic rings. The predicted molar refractivity (Wildman–Crippen MR) is 107 cm³/mol. The Bertz CT molecular complexity index is 685. The van der Waals surface area contributed by atoms with Crippen LogP contribution in [0.5, 0.6) is 0 Å². The second-order valence-electron chi connectivity index (χ2n) is 8.31. The fourth-order valence-electron chi connectivity index (χ4n) is 4.26. The highest BCUT2D eigenvalue weighted by Crippen LogP contribution is 2.26. The third-order valence-corrected chi connectivity index (χ3v) is 5.88. The summed E-state index contributed by atoms with van der Waals surface area (Å²) in [5.74, 6) is 0.0160. The largest absolute Gasteiger partial charge is 0.388 e. The van der Waals surface area contributed by atoms with Crippen LogP contribution in [-0.4, -0.2) is 76.1 Å². The molecule has 28 heavy (non-hydrogen) atoms. The van der Waals surface area contributed by atoms with E-state index < -0.39 is 5.60 Å². The lowest BCUT2D eigenvalue weighted by Crippen LogP contribution is -2.50. The van der Waals surface area contributed by atoms with E-state index in [0.717, 1.165) is 38.0 Å². The maximum atomic E-state index is 12.7. The van der Waals surface area contributed by atoms with Crippen LogP contribution in [0, 0.1) is 6.92 Å². The minimum atomic E-state index is -0.763. The topological polar surface area (TPSA) is 85.8 Å². The molecule has 1 aromatic heterocycles. The first-order valence-electron chi connectivity index (χ1n) is 10.3. The quantitative estimate of drug-likeness (QED) is 0.813. The van der Waals surface area contributed by atoms with Gasteiger partial charge in [-0.3, -0.25) is 14.6 Å². The summed E-state index contributed by atoms with van der Waals surface area (Å²) in [4.78, 5) is 32.3. The van der Waals surface area contributed by atoms with E-state index in [1.807, 2.05) is 24.0 Å². The van der Waals surface area contributed by atoms with Gasteiger partial charge in [0.2, 0.25) is 5.91 Å². The van der Waals surface area contributed by atoms with Crippen LogP contribution in [0.1, 0.15) is 55.1 Å². The standard InChI is InChI=1S/C21H32N4O3/c1-16-4-5-18(14-22-16)20(27)25-10-3-8-21(28,9-13-25)15-24-11-6-19(7-12-24)23-17(2)26/h4-5,14,19,28H,3,6-13,15H2,1-2H3,(H,23,26)/t21-/m1/s1. The molecule has 2 aliphatic rings. The third-order valence-electron chi connectivity index (χ3n) is 5.88. The molecule has 1 atom stereocenters. The average molecular weight is 389 g/mol. The molecule has 3 rings (SSSR count). The maximum Gasteiger partial charge on any atom is 0.255 e. The molecule has 2 aliphatic heterocycles. The van der Waals surface area contributed by atoms with Gasteiger partial charge in [0, 0.05) is 57.6 Å². The molecular formula is C21H32N4O3. The van der Waals surface area contributed by atoms with E-state index in [9.17, 15) is 14.7 Å². The number of amides is 2. The summed E-state index contributed by atoms with van der Waals surface area (Å²) in [6.07, 6.45) is 5.55. The number of pyridine rings is 1. The molecule has 0 radical (unpaired) electrons. The lowest BCUT2D eigenvalue weighted by molar-refractivity contribution is -0.120. The van der Waals surface area contributed by atoms with Gasteiger partial charge in [-0.1, -0.05) is 0 Å². The number of aryl methyl sites for hydroxylation is 1. The van der Waals surface area contributed by atoms with Crippen molar-refractivity contribution < 1.29 is 14.7 Å². The third kappa shape index (κ3) is 5.52. The number of carbonyl (C=O) groups is 2. The second kappa shape index (κ2) is 9.01. The van der Waals surface area contributed by atoms with Crippen molar-refractivity contribution in [2.45, 2.75) is 57.6 Å². The number of rotatable bonds is 4. The number of aliphatic hydroxyl groups is 1. The van der Waals surface area contributed by atoms with Gasteiger partial charge in [0.25, 0.3) is 5.91 Å². The highest BCUT2D eigenvalue weighted by Gasteiger charge is 2.34. The van der Waals surface area contributed by atoms with Crippen LogP contribution in [0.15, 0.2) is 18.3 Å². The highest BCUT2D eigenvalue weighted by atomic mass is 16.3. The van der Waals surface area contributed by atoms with Gasteiger partial charge in [0.05, 0.1) is 11.2 Å². The lowest BCUT2D eigenvalue weighted by atomic mass is 9.93. The molecule has 0 aliphatic carbocycles. The molecule has 154 valence electrons. The molecule has 2 N–H and O–H groups in total. The Kier molecular flexibility index (Phi) is 6.67. The second-order valence-corrected chi connectivity index (χ2v) is 8.31. The number of hydrogen-bond donors (Lipinski definition) is 2. The Morgan fingerprint density at radius 1 is 1.21 bits per heavy atom. The molecule has 2 saturated heterocycles. The van der Waals surface area contributed by atoms with E-state index >= 15 is 0 Å². The van der Waals surface area contributed by atoms with Crippen molar-refractivity contribution in [3.63, 3.8) is 0 Å². The minimum absolute atomic E-state index is 0.00660. The summed E-state index contributed by atoms with van der Waals surface area (Å²) in [7, 11) is 0. The maximum absolute atomic E-state index is 12.7. The number of carbonyl (C=O) groups excluding carboxylic acids is 2. The van der Waals surface area contributed by atoms with Crippen molar-refractivity contribution in [1.29, 1.82) is 0 Å². The smallest absolute Gasteiger partial charge is 0.255 e. The Morgan fingerprint density at radius 3 is 2.61 bits per heavy atom. The molecule has 7 nitrogen and oxygen atoms in total. The molecular weight excluding hydrogens is 356 g/mol. The summed E-state index contributed by atoms with van der Waals surface area (Å²) in [6, 6.07) is 3.92. The molecule has 0 saturated carbocycles. The Morgan fingerprint density at radius 2 is 1.96 bits per heavy atom. The number of aromatic nitrogens is 1. The van der Waals surface area contributed by atoms with Gasteiger partial charge in [-0.05, 0) is 51.2 Å². The number of nitrogens with one attached hydrogen (secondary N) is 1. The van der Waals surface area contributed by atoms with Crippen LogP contribution in [0.25, 0.3) is 0 Å². The van der Waals surface area contributed by atoms with Crippen molar-refractivity contribution in [3.8, 4) is 0 Å². The van der Waals surface area contributed by atoms with Crippen LogP contribution in [-0.2, 0) is 4.79 Å². The van der Waals surface area contributed by atoms with Crippen molar-refractivity contribution in [3.05, 3.63) is 29.6 Å². The van der Waals surface area contributed by atoms with Crippen LogP contribution < -0.4 is 5.32 Å². The number of piperidine rings is 1. The van der Waals surface area contributed by atoms with E-state index in [-0.39, 0.29) is 17.9 Å². The van der Waals surface area contributed by atoms with Crippen molar-refractivity contribution in [1.82, 2.24) is 20.1 Å². The van der Waals surface area contributed by atoms with Gasteiger partial charge in [0.1, 0.15) is 0 Å². The van der Waals surface area contributed by atoms with Gasteiger partial charge < -0.3 is 20.2 Å². The summed E-state index contributed by atoms with van der Waals surface area (Å²) in [5.41, 5.74) is 0.738. The molecule has 2 amide bonds. The molecule has 0 unspecified atom stereocenters. The minimum Gasteiger partial charge on any atom is -0.388 e. The summed E-state index contributed by atoms with van der Waals surface area (Å²) in [6.45, 7) is 7.08. The van der Waals surface area contributed by atoms with Gasteiger partial charge in [-0.15, -0.1) is 0 Å². The molecule has 0 aromatic carbocycles. The van der Waals surface area contributed by atoms with Gasteiger partial charge in [-0.25, -0.2) is 0 Å². The van der Waals surface area contributed by atoms with Gasteiger partial charge >= 0.3 is 0 Å². The van der Waals surface area contributed by atoms with Crippen LogP contribution in [0.3, 0.4) is 0 Å². The number of nitrogens with zero attached hydrogens (tertiary/aromatic N) is 3. The first kappa shape index (κ1) is 20.7. The van der Waals surface area contributed by atoms with Gasteiger partial charge in [0.15, 0.2) is 0 Å². The highest BCUT2D eigenvalue weighted by molar-refractivity contribution is 5.93. The summed E-state index contributed by atoms with van der Waals surface area (Å²) >= 11 is 0. The van der Waals surface area contributed by atoms with E-state index in [1.165, 1.54) is 0 Å². The Hall–Kier alpha value is -1.99.